The predicted octanol–water partition coefficient (Wildman–Crippen LogP) is 2.45. The Hall–Kier alpha value is -2.05. The molecule has 6 heteroatoms. The lowest BCUT2D eigenvalue weighted by Gasteiger charge is -2.25. The Morgan fingerprint density at radius 2 is 1.96 bits per heavy atom. The van der Waals surface area contributed by atoms with Crippen LogP contribution < -0.4 is 9.47 Å². The van der Waals surface area contributed by atoms with Gasteiger partial charge in [-0.2, -0.15) is 5.10 Å². The maximum absolute atomic E-state index is 10.0. The fourth-order valence-corrected chi connectivity index (χ4v) is 3.21. The molecular weight excluding hydrogens is 318 g/mol. The Kier molecular flexibility index (Phi) is 5.01. The lowest BCUT2D eigenvalue weighted by molar-refractivity contribution is 0.0425. The molecule has 0 atom stereocenters. The molecule has 3 rings (SSSR count). The van der Waals surface area contributed by atoms with E-state index in [0.717, 1.165) is 34.7 Å². The monoisotopic (exact) mass is 345 g/mol. The van der Waals surface area contributed by atoms with E-state index in [0.29, 0.717) is 26.3 Å². The maximum Gasteiger partial charge on any atom is 0.161 e. The van der Waals surface area contributed by atoms with Gasteiger partial charge in [0, 0.05) is 43.9 Å². The van der Waals surface area contributed by atoms with Gasteiger partial charge in [0.25, 0.3) is 0 Å². The van der Waals surface area contributed by atoms with Crippen LogP contribution in [-0.4, -0.2) is 52.2 Å². The minimum atomic E-state index is -0.730. The second-order valence-electron chi connectivity index (χ2n) is 7.37. The molecule has 0 fully saturated rings. The smallest absolute Gasteiger partial charge is 0.161 e. The first-order valence-electron chi connectivity index (χ1n) is 8.65. The van der Waals surface area contributed by atoms with Crippen LogP contribution in [-0.2, 0) is 13.6 Å². The minimum absolute atomic E-state index is 0.586. The van der Waals surface area contributed by atoms with Gasteiger partial charge in [0.15, 0.2) is 11.5 Å². The summed E-state index contributed by atoms with van der Waals surface area (Å²) in [5.74, 6) is 1.56. The van der Waals surface area contributed by atoms with Gasteiger partial charge >= 0.3 is 0 Å². The number of rotatable bonds is 5. The summed E-state index contributed by atoms with van der Waals surface area (Å²) in [6.45, 7) is 6.28. The highest BCUT2D eigenvalue weighted by Crippen LogP contribution is 2.35. The average molecular weight is 345 g/mol. The lowest BCUT2D eigenvalue weighted by atomic mass is 10.1. The minimum Gasteiger partial charge on any atom is -0.490 e. The van der Waals surface area contributed by atoms with E-state index in [1.807, 2.05) is 57.0 Å². The molecule has 0 unspecified atom stereocenters. The van der Waals surface area contributed by atoms with Crippen LogP contribution in [0.25, 0.3) is 11.3 Å². The quantitative estimate of drug-likeness (QED) is 0.902. The van der Waals surface area contributed by atoms with Gasteiger partial charge in [-0.15, -0.1) is 0 Å². The number of nitrogens with zero attached hydrogens (tertiary/aromatic N) is 3. The van der Waals surface area contributed by atoms with E-state index in [4.69, 9.17) is 9.47 Å². The summed E-state index contributed by atoms with van der Waals surface area (Å²) in [7, 11) is 3.93. The molecule has 1 aromatic heterocycles. The Bertz CT molecular complexity index is 734. The second-order valence-corrected chi connectivity index (χ2v) is 7.37. The standard InChI is InChI=1S/C19H27N3O3/c1-19(2,23)13-21(3)11-15-12-22(4)20-18(15)14-6-7-16-17(10-14)25-9-5-8-24-16/h6-7,10,12,23H,5,8-9,11,13H2,1-4H3. The van der Waals surface area contributed by atoms with Crippen molar-refractivity contribution in [3.8, 4) is 22.8 Å². The van der Waals surface area contributed by atoms with E-state index in [-0.39, 0.29) is 0 Å². The number of hydrogen-bond donors (Lipinski definition) is 1. The van der Waals surface area contributed by atoms with Crippen LogP contribution in [0.1, 0.15) is 25.8 Å². The molecule has 136 valence electrons. The van der Waals surface area contributed by atoms with Crippen LogP contribution in [0.2, 0.25) is 0 Å². The van der Waals surface area contributed by atoms with Crippen molar-refractivity contribution in [3.63, 3.8) is 0 Å². The number of likely N-dealkylation sites (N-methyl/N-ethyl adjacent to an activating group) is 1. The van der Waals surface area contributed by atoms with Crippen molar-refractivity contribution in [1.82, 2.24) is 14.7 Å². The third-order valence-corrected chi connectivity index (χ3v) is 4.02. The Morgan fingerprint density at radius 3 is 2.68 bits per heavy atom. The van der Waals surface area contributed by atoms with Crippen LogP contribution in [0, 0.1) is 0 Å². The molecule has 0 amide bonds. The normalized spacial score (nSPS) is 14.6. The molecule has 1 N–H and O–H groups in total. The molecule has 2 aromatic rings. The number of aryl methyl sites for hydroxylation is 1. The zero-order valence-electron chi connectivity index (χ0n) is 15.5. The fraction of sp³-hybridized carbons (Fsp3) is 0.526. The molecule has 0 bridgehead atoms. The molecule has 0 saturated heterocycles. The molecular formula is C19H27N3O3. The molecule has 0 saturated carbocycles. The van der Waals surface area contributed by atoms with Gasteiger partial charge in [-0.25, -0.2) is 0 Å². The molecule has 2 heterocycles. The summed E-state index contributed by atoms with van der Waals surface area (Å²) < 4.78 is 13.3. The third kappa shape index (κ3) is 4.52. The predicted molar refractivity (Wildman–Crippen MR) is 96.9 cm³/mol. The molecule has 25 heavy (non-hydrogen) atoms. The summed E-state index contributed by atoms with van der Waals surface area (Å²) in [5, 5.41) is 14.7. The van der Waals surface area contributed by atoms with Crippen molar-refractivity contribution >= 4 is 0 Å². The van der Waals surface area contributed by atoms with Crippen LogP contribution in [0.3, 0.4) is 0 Å². The van der Waals surface area contributed by atoms with Crippen LogP contribution in [0.4, 0.5) is 0 Å². The van der Waals surface area contributed by atoms with Gasteiger partial charge in [-0.1, -0.05) is 0 Å². The number of hydrogen-bond acceptors (Lipinski definition) is 5. The highest BCUT2D eigenvalue weighted by Gasteiger charge is 2.19. The Labute approximate surface area is 149 Å². The number of benzene rings is 1. The van der Waals surface area contributed by atoms with Crippen LogP contribution >= 0.6 is 0 Å². The summed E-state index contributed by atoms with van der Waals surface area (Å²) >= 11 is 0. The van der Waals surface area contributed by atoms with E-state index >= 15 is 0 Å². The van der Waals surface area contributed by atoms with Gasteiger partial charge in [0.1, 0.15) is 0 Å². The van der Waals surface area contributed by atoms with Crippen LogP contribution in [0.5, 0.6) is 11.5 Å². The number of fused-ring (bicyclic) bond motifs is 1. The van der Waals surface area contributed by atoms with Crippen molar-refractivity contribution < 1.29 is 14.6 Å². The number of ether oxygens (including phenoxy) is 2. The summed E-state index contributed by atoms with van der Waals surface area (Å²) in [6.07, 6.45) is 2.92. The third-order valence-electron chi connectivity index (χ3n) is 4.02. The average Bonchev–Trinajstić information content (AvgIpc) is 2.73. The molecule has 1 aliphatic rings. The van der Waals surface area contributed by atoms with E-state index in [9.17, 15) is 5.11 Å². The lowest BCUT2D eigenvalue weighted by Crippen LogP contribution is -2.35. The largest absolute Gasteiger partial charge is 0.490 e. The van der Waals surface area contributed by atoms with Crippen molar-refractivity contribution in [3.05, 3.63) is 30.0 Å². The second kappa shape index (κ2) is 7.06. The summed E-state index contributed by atoms with van der Waals surface area (Å²) in [6, 6.07) is 5.98. The van der Waals surface area contributed by atoms with E-state index < -0.39 is 5.60 Å². The van der Waals surface area contributed by atoms with Gasteiger partial charge in [-0.05, 0) is 39.1 Å². The highest BCUT2D eigenvalue weighted by atomic mass is 16.5. The van der Waals surface area contributed by atoms with Crippen molar-refractivity contribution in [2.45, 2.75) is 32.4 Å². The molecule has 6 nitrogen and oxygen atoms in total. The first-order chi connectivity index (χ1) is 11.8. The van der Waals surface area contributed by atoms with E-state index in [2.05, 4.69) is 10.00 Å². The summed E-state index contributed by atoms with van der Waals surface area (Å²) in [4.78, 5) is 2.10. The highest BCUT2D eigenvalue weighted by molar-refractivity contribution is 5.66. The van der Waals surface area contributed by atoms with E-state index in [1.165, 1.54) is 0 Å². The summed E-state index contributed by atoms with van der Waals surface area (Å²) in [5.41, 5.74) is 2.33. The van der Waals surface area contributed by atoms with Crippen molar-refractivity contribution in [2.24, 2.45) is 7.05 Å². The van der Waals surface area contributed by atoms with Crippen LogP contribution in [0.15, 0.2) is 24.4 Å². The maximum atomic E-state index is 10.0. The number of aliphatic hydroxyl groups is 1. The van der Waals surface area contributed by atoms with Gasteiger partial charge < -0.3 is 14.6 Å². The topological polar surface area (TPSA) is 59.8 Å². The molecule has 0 aliphatic carbocycles. The first-order valence-corrected chi connectivity index (χ1v) is 8.65. The zero-order valence-corrected chi connectivity index (χ0v) is 15.5. The fourth-order valence-electron chi connectivity index (χ4n) is 3.21. The van der Waals surface area contributed by atoms with Gasteiger partial charge in [0.2, 0.25) is 0 Å². The molecule has 0 radical (unpaired) electrons. The number of aromatic nitrogens is 2. The zero-order chi connectivity index (χ0) is 18.0. The molecule has 1 aliphatic heterocycles. The van der Waals surface area contributed by atoms with Crippen molar-refractivity contribution in [2.75, 3.05) is 26.8 Å². The SMILES string of the molecule is CN(Cc1cn(C)nc1-c1ccc2c(c1)OCCCO2)CC(C)(C)O. The Morgan fingerprint density at radius 1 is 1.24 bits per heavy atom. The van der Waals surface area contributed by atoms with Gasteiger partial charge in [-0.3, -0.25) is 9.58 Å². The van der Waals surface area contributed by atoms with Gasteiger partial charge in [0.05, 0.1) is 24.5 Å². The first kappa shape index (κ1) is 17.8. The van der Waals surface area contributed by atoms with E-state index in [1.54, 1.807) is 0 Å². The Balaban J connectivity index is 1.87. The molecule has 0 spiro atoms. The molecule has 1 aromatic carbocycles. The van der Waals surface area contributed by atoms with Crippen molar-refractivity contribution in [1.29, 1.82) is 0 Å².